The smallest absolute Gasteiger partial charge is 0.280 e. The van der Waals surface area contributed by atoms with Gasteiger partial charge in [-0.2, -0.15) is 17.4 Å². The van der Waals surface area contributed by atoms with Crippen molar-refractivity contribution in [1.29, 1.82) is 0 Å². The summed E-state index contributed by atoms with van der Waals surface area (Å²) in [7, 11) is -2.57. The molecule has 1 aliphatic heterocycles. The fourth-order valence-corrected chi connectivity index (χ4v) is 5.24. The Bertz CT molecular complexity index is 1320. The standard InChI is InChI=1S/C23H22ClFN4O3S/c1-14-10-16(8-9-26-14)15-4-3-5-17(11-15)21-13-22(29(2)33(31,32)28-21)23(30)27-18-6-7-20(25)19(24)12-18/h3-12,21-22,28H,13H2,1-2H3,(H,27,30)/t21-,22+/m0/s1. The highest BCUT2D eigenvalue weighted by atomic mass is 35.5. The van der Waals surface area contributed by atoms with E-state index >= 15 is 0 Å². The summed E-state index contributed by atoms with van der Waals surface area (Å²) in [6.07, 6.45) is 1.92. The van der Waals surface area contributed by atoms with E-state index in [2.05, 4.69) is 15.0 Å². The van der Waals surface area contributed by atoms with Crippen LogP contribution in [0.3, 0.4) is 0 Å². The topological polar surface area (TPSA) is 91.4 Å². The molecule has 7 nitrogen and oxygen atoms in total. The van der Waals surface area contributed by atoms with Crippen molar-refractivity contribution in [2.75, 3.05) is 12.4 Å². The Morgan fingerprint density at radius 3 is 2.67 bits per heavy atom. The lowest BCUT2D eigenvalue weighted by Crippen LogP contribution is -2.55. The van der Waals surface area contributed by atoms with Crippen molar-refractivity contribution < 1.29 is 17.6 Å². The molecule has 2 N–H and O–H groups in total. The van der Waals surface area contributed by atoms with E-state index in [0.29, 0.717) is 0 Å². The summed E-state index contributed by atoms with van der Waals surface area (Å²) in [6, 6.07) is 13.5. The maximum absolute atomic E-state index is 13.4. The minimum atomic E-state index is -3.92. The number of benzene rings is 2. The largest absolute Gasteiger partial charge is 0.325 e. The first-order chi connectivity index (χ1) is 15.6. The lowest BCUT2D eigenvalue weighted by Gasteiger charge is -2.36. The maximum atomic E-state index is 13.4. The van der Waals surface area contributed by atoms with Crippen LogP contribution in [0.15, 0.2) is 60.8 Å². The van der Waals surface area contributed by atoms with Crippen molar-refractivity contribution in [1.82, 2.24) is 14.0 Å². The van der Waals surface area contributed by atoms with E-state index in [1.807, 2.05) is 43.3 Å². The highest BCUT2D eigenvalue weighted by Crippen LogP contribution is 2.31. The minimum Gasteiger partial charge on any atom is -0.325 e. The summed E-state index contributed by atoms with van der Waals surface area (Å²) in [5, 5.41) is 2.49. The molecule has 0 spiro atoms. The third-order valence-electron chi connectivity index (χ3n) is 5.58. The van der Waals surface area contributed by atoms with Gasteiger partial charge in [-0.25, -0.2) is 4.39 Å². The summed E-state index contributed by atoms with van der Waals surface area (Å²) < 4.78 is 42.6. The summed E-state index contributed by atoms with van der Waals surface area (Å²) >= 11 is 5.79. The van der Waals surface area contributed by atoms with Crippen LogP contribution in [0, 0.1) is 12.7 Å². The molecule has 0 aliphatic carbocycles. The molecule has 2 heterocycles. The third kappa shape index (κ3) is 5.06. The number of carbonyl (C=O) groups excluding carboxylic acids is 1. The van der Waals surface area contributed by atoms with E-state index in [9.17, 15) is 17.6 Å². The molecule has 1 fully saturated rings. The lowest BCUT2D eigenvalue weighted by molar-refractivity contribution is -0.120. The molecule has 0 bridgehead atoms. The predicted octanol–water partition coefficient (Wildman–Crippen LogP) is 4.07. The van der Waals surface area contributed by atoms with Crippen molar-refractivity contribution in [2.24, 2.45) is 0 Å². The summed E-state index contributed by atoms with van der Waals surface area (Å²) in [5.74, 6) is -1.14. The van der Waals surface area contributed by atoms with Crippen LogP contribution in [-0.2, 0) is 15.0 Å². The molecule has 0 unspecified atom stereocenters. The van der Waals surface area contributed by atoms with Gasteiger partial charge in [0, 0.05) is 30.7 Å². The van der Waals surface area contributed by atoms with E-state index in [1.54, 1.807) is 6.20 Å². The predicted molar refractivity (Wildman–Crippen MR) is 125 cm³/mol. The molecule has 1 saturated heterocycles. The number of aryl methyl sites for hydroxylation is 1. The number of hydrogen-bond acceptors (Lipinski definition) is 4. The van der Waals surface area contributed by atoms with Gasteiger partial charge in [-0.05, 0) is 66.4 Å². The van der Waals surface area contributed by atoms with Crippen LogP contribution in [0.2, 0.25) is 5.02 Å². The van der Waals surface area contributed by atoms with Gasteiger partial charge in [0.2, 0.25) is 5.91 Å². The fraction of sp³-hybridized carbons (Fsp3) is 0.217. The molecule has 2 atom stereocenters. The quantitative estimate of drug-likeness (QED) is 0.579. The Balaban J connectivity index is 1.61. The Kier molecular flexibility index (Phi) is 6.49. The normalized spacial score (nSPS) is 20.4. The molecule has 0 radical (unpaired) electrons. The van der Waals surface area contributed by atoms with Crippen LogP contribution >= 0.6 is 11.6 Å². The summed E-state index contributed by atoms with van der Waals surface area (Å²) in [6.45, 7) is 1.90. The number of hydrogen-bond donors (Lipinski definition) is 2. The minimum absolute atomic E-state index is 0.139. The molecule has 33 heavy (non-hydrogen) atoms. The van der Waals surface area contributed by atoms with E-state index in [4.69, 9.17) is 11.6 Å². The molecule has 2 aromatic carbocycles. The highest BCUT2D eigenvalue weighted by Gasteiger charge is 2.40. The zero-order chi connectivity index (χ0) is 23.8. The average Bonchev–Trinajstić information content (AvgIpc) is 2.78. The van der Waals surface area contributed by atoms with Gasteiger partial charge >= 0.3 is 0 Å². The Hall–Kier alpha value is -2.85. The number of aromatic nitrogens is 1. The van der Waals surface area contributed by atoms with Gasteiger partial charge in [0.25, 0.3) is 10.2 Å². The van der Waals surface area contributed by atoms with Crippen LogP contribution in [-0.4, -0.2) is 36.7 Å². The van der Waals surface area contributed by atoms with Crippen molar-refractivity contribution in [3.8, 4) is 11.1 Å². The van der Waals surface area contributed by atoms with Gasteiger partial charge in [-0.15, -0.1) is 0 Å². The lowest BCUT2D eigenvalue weighted by atomic mass is 9.95. The number of rotatable bonds is 4. The first-order valence-corrected chi connectivity index (χ1v) is 12.0. The van der Waals surface area contributed by atoms with Crippen LogP contribution in [0.4, 0.5) is 10.1 Å². The third-order valence-corrected chi connectivity index (χ3v) is 7.46. The second-order valence-electron chi connectivity index (χ2n) is 7.87. The summed E-state index contributed by atoms with van der Waals surface area (Å²) in [4.78, 5) is 17.2. The maximum Gasteiger partial charge on any atom is 0.280 e. The molecule has 1 aliphatic rings. The average molecular weight is 489 g/mol. The van der Waals surface area contributed by atoms with Crippen molar-refractivity contribution >= 4 is 33.4 Å². The van der Waals surface area contributed by atoms with Gasteiger partial charge in [0.15, 0.2) is 0 Å². The van der Waals surface area contributed by atoms with Gasteiger partial charge in [0.1, 0.15) is 11.9 Å². The summed E-state index contributed by atoms with van der Waals surface area (Å²) in [5.41, 5.74) is 3.76. The van der Waals surface area contributed by atoms with Gasteiger partial charge in [-0.3, -0.25) is 9.78 Å². The van der Waals surface area contributed by atoms with E-state index in [-0.39, 0.29) is 17.1 Å². The molecule has 0 saturated carbocycles. The number of likely N-dealkylation sites (N-methyl/N-ethyl adjacent to an activating group) is 1. The van der Waals surface area contributed by atoms with Crippen LogP contribution in [0.5, 0.6) is 0 Å². The first-order valence-electron chi connectivity index (χ1n) is 10.2. The second-order valence-corrected chi connectivity index (χ2v) is 10.0. The molecule has 1 aromatic heterocycles. The Labute approximate surface area is 196 Å². The van der Waals surface area contributed by atoms with Gasteiger partial charge in [0.05, 0.1) is 5.02 Å². The fourth-order valence-electron chi connectivity index (χ4n) is 3.79. The zero-order valence-corrected chi connectivity index (χ0v) is 19.5. The molecular formula is C23H22ClFN4O3S. The second kappa shape index (κ2) is 9.18. The van der Waals surface area contributed by atoms with Crippen LogP contribution < -0.4 is 10.0 Å². The van der Waals surface area contributed by atoms with Crippen molar-refractivity contribution in [3.63, 3.8) is 0 Å². The monoisotopic (exact) mass is 488 g/mol. The number of pyridine rings is 1. The number of nitrogens with one attached hydrogen (secondary N) is 2. The number of carbonyl (C=O) groups is 1. The van der Waals surface area contributed by atoms with E-state index < -0.39 is 34.0 Å². The van der Waals surface area contributed by atoms with Gasteiger partial charge < -0.3 is 5.32 Å². The Morgan fingerprint density at radius 2 is 1.94 bits per heavy atom. The molecular weight excluding hydrogens is 467 g/mol. The highest BCUT2D eigenvalue weighted by molar-refractivity contribution is 7.87. The van der Waals surface area contributed by atoms with Crippen molar-refractivity contribution in [3.05, 3.63) is 82.9 Å². The van der Waals surface area contributed by atoms with E-state index in [0.717, 1.165) is 32.8 Å². The SMILES string of the molecule is Cc1cc(-c2cccc([C@@H]3C[C@H](C(=O)Nc4ccc(F)c(Cl)c4)N(C)S(=O)(=O)N3)c2)ccn1. The molecule has 4 rings (SSSR count). The molecule has 1 amide bonds. The number of halogens is 2. The number of anilines is 1. The Morgan fingerprint density at radius 1 is 1.18 bits per heavy atom. The van der Waals surface area contributed by atoms with Crippen LogP contribution in [0.1, 0.15) is 23.7 Å². The molecule has 10 heteroatoms. The zero-order valence-electron chi connectivity index (χ0n) is 17.9. The van der Waals surface area contributed by atoms with Gasteiger partial charge in [-0.1, -0.05) is 29.8 Å². The molecule has 172 valence electrons. The van der Waals surface area contributed by atoms with Crippen LogP contribution in [0.25, 0.3) is 11.1 Å². The van der Waals surface area contributed by atoms with E-state index in [1.165, 1.54) is 19.2 Å². The number of nitrogens with zero attached hydrogens (tertiary/aromatic N) is 2. The number of amides is 1. The first kappa shape index (κ1) is 23.3. The molecule has 3 aromatic rings. The van der Waals surface area contributed by atoms with Crippen molar-refractivity contribution in [2.45, 2.75) is 25.4 Å².